The lowest BCUT2D eigenvalue weighted by Gasteiger charge is -2.07. The van der Waals surface area contributed by atoms with Crippen molar-refractivity contribution in [2.45, 2.75) is 6.61 Å². The van der Waals surface area contributed by atoms with Gasteiger partial charge in [-0.1, -0.05) is 18.2 Å². The number of para-hydroxylation sites is 1. The highest BCUT2D eigenvalue weighted by Crippen LogP contribution is 2.15. The van der Waals surface area contributed by atoms with Crippen LogP contribution in [0, 0.1) is 9.39 Å². The fourth-order valence-electron chi connectivity index (χ4n) is 2.16. The Balaban J connectivity index is 1.54. The molecule has 3 aromatic rings. The van der Waals surface area contributed by atoms with Gasteiger partial charge in [0.15, 0.2) is 5.76 Å². The van der Waals surface area contributed by atoms with Crippen molar-refractivity contribution in [3.63, 3.8) is 0 Å². The first-order valence-corrected chi connectivity index (χ1v) is 8.93. The molecule has 0 aliphatic carbocycles. The molecule has 1 aromatic heterocycles. The summed E-state index contributed by atoms with van der Waals surface area (Å²) < 4.78 is 24.5. The summed E-state index contributed by atoms with van der Waals surface area (Å²) in [5.74, 6) is -0.459. The van der Waals surface area contributed by atoms with E-state index >= 15 is 0 Å². The van der Waals surface area contributed by atoms with E-state index in [2.05, 4.69) is 10.9 Å². The molecule has 0 unspecified atom stereocenters. The standard InChI is InChI=1S/C19H14FIN2O4/c20-12-6-8-15(16(21)10-12)18(24)22-23-19(25)17-9-7-14(27-17)11-26-13-4-2-1-3-5-13/h1-10H,11H2,(H,22,24)(H,23,25). The van der Waals surface area contributed by atoms with E-state index in [9.17, 15) is 14.0 Å². The first-order chi connectivity index (χ1) is 13.0. The normalized spacial score (nSPS) is 10.3. The van der Waals surface area contributed by atoms with E-state index < -0.39 is 17.6 Å². The van der Waals surface area contributed by atoms with Gasteiger partial charge in [0.2, 0.25) is 0 Å². The Kier molecular flexibility index (Phi) is 6.07. The largest absolute Gasteiger partial charge is 0.486 e. The number of hydrogen-bond acceptors (Lipinski definition) is 4. The van der Waals surface area contributed by atoms with E-state index in [1.54, 1.807) is 6.07 Å². The first-order valence-electron chi connectivity index (χ1n) is 7.85. The quantitative estimate of drug-likeness (QED) is 0.432. The zero-order chi connectivity index (χ0) is 19.2. The summed E-state index contributed by atoms with van der Waals surface area (Å²) in [6, 6.07) is 16.0. The highest BCUT2D eigenvalue weighted by Gasteiger charge is 2.15. The highest BCUT2D eigenvalue weighted by molar-refractivity contribution is 14.1. The van der Waals surface area contributed by atoms with Crippen LogP contribution in [0.4, 0.5) is 4.39 Å². The molecule has 138 valence electrons. The average molecular weight is 480 g/mol. The van der Waals surface area contributed by atoms with Gasteiger partial charge in [-0.05, 0) is 65.1 Å². The number of rotatable bonds is 5. The summed E-state index contributed by atoms with van der Waals surface area (Å²) in [7, 11) is 0. The van der Waals surface area contributed by atoms with E-state index in [4.69, 9.17) is 9.15 Å². The SMILES string of the molecule is O=C(NNC(=O)c1ccc(F)cc1I)c1ccc(COc2ccccc2)o1. The monoisotopic (exact) mass is 480 g/mol. The maximum Gasteiger partial charge on any atom is 0.305 e. The molecule has 0 saturated carbocycles. The molecule has 2 amide bonds. The van der Waals surface area contributed by atoms with Gasteiger partial charge in [0.05, 0.1) is 5.56 Å². The van der Waals surface area contributed by atoms with Crippen LogP contribution in [0.2, 0.25) is 0 Å². The Morgan fingerprint density at radius 2 is 1.74 bits per heavy atom. The van der Waals surface area contributed by atoms with Crippen molar-refractivity contribution in [2.75, 3.05) is 0 Å². The Hall–Kier alpha value is -2.88. The van der Waals surface area contributed by atoms with E-state index in [0.29, 0.717) is 15.1 Å². The lowest BCUT2D eigenvalue weighted by atomic mass is 10.2. The van der Waals surface area contributed by atoms with E-state index in [1.807, 2.05) is 52.9 Å². The molecule has 0 radical (unpaired) electrons. The van der Waals surface area contributed by atoms with Crippen LogP contribution in [-0.4, -0.2) is 11.8 Å². The maximum absolute atomic E-state index is 13.1. The summed E-state index contributed by atoms with van der Waals surface area (Å²) in [6.07, 6.45) is 0. The number of benzene rings is 2. The van der Waals surface area contributed by atoms with Gasteiger partial charge in [0.25, 0.3) is 5.91 Å². The van der Waals surface area contributed by atoms with Crippen molar-refractivity contribution in [3.8, 4) is 5.75 Å². The number of amides is 2. The molecule has 0 saturated heterocycles. The molecule has 0 aliphatic rings. The average Bonchev–Trinajstić information content (AvgIpc) is 3.14. The summed E-state index contributed by atoms with van der Waals surface area (Å²) >= 11 is 1.84. The van der Waals surface area contributed by atoms with Gasteiger partial charge in [-0.3, -0.25) is 20.4 Å². The lowest BCUT2D eigenvalue weighted by Crippen LogP contribution is -2.41. The van der Waals surface area contributed by atoms with Crippen LogP contribution < -0.4 is 15.6 Å². The summed E-state index contributed by atoms with van der Waals surface area (Å²) in [4.78, 5) is 24.2. The molecule has 3 rings (SSSR count). The van der Waals surface area contributed by atoms with E-state index in [1.165, 1.54) is 24.3 Å². The molecule has 0 fully saturated rings. The van der Waals surface area contributed by atoms with Crippen molar-refractivity contribution >= 4 is 34.4 Å². The molecule has 0 bridgehead atoms. The fourth-order valence-corrected chi connectivity index (χ4v) is 2.89. The molecular formula is C19H14FIN2O4. The number of hydrazine groups is 1. The molecule has 0 aliphatic heterocycles. The third-order valence-electron chi connectivity index (χ3n) is 3.48. The predicted octanol–water partition coefficient (Wildman–Crippen LogP) is 3.68. The minimum Gasteiger partial charge on any atom is -0.486 e. The summed E-state index contributed by atoms with van der Waals surface area (Å²) in [6.45, 7) is 0.164. The number of carbonyl (C=O) groups excluding carboxylic acids is 2. The number of furan rings is 1. The Bertz CT molecular complexity index is 959. The van der Waals surface area contributed by atoms with Crippen LogP contribution in [0.15, 0.2) is 65.1 Å². The number of ether oxygens (including phenoxy) is 1. The lowest BCUT2D eigenvalue weighted by molar-refractivity contribution is 0.0828. The number of hydrogen-bond donors (Lipinski definition) is 2. The van der Waals surface area contributed by atoms with Crippen LogP contribution in [0.1, 0.15) is 26.7 Å². The molecule has 2 aromatic carbocycles. The Labute approximate surface area is 167 Å². The second-order valence-electron chi connectivity index (χ2n) is 5.40. The summed E-state index contributed by atoms with van der Waals surface area (Å²) in [5, 5.41) is 0. The minimum atomic E-state index is -0.619. The van der Waals surface area contributed by atoms with Crippen molar-refractivity contribution in [1.29, 1.82) is 0 Å². The van der Waals surface area contributed by atoms with Gasteiger partial charge in [0.1, 0.15) is 23.9 Å². The fraction of sp³-hybridized carbons (Fsp3) is 0.0526. The number of halogens is 2. The van der Waals surface area contributed by atoms with Crippen molar-refractivity contribution in [2.24, 2.45) is 0 Å². The van der Waals surface area contributed by atoms with E-state index in [0.717, 1.165) is 0 Å². The zero-order valence-electron chi connectivity index (χ0n) is 13.9. The van der Waals surface area contributed by atoms with Crippen LogP contribution >= 0.6 is 22.6 Å². The minimum absolute atomic E-state index is 0.0239. The van der Waals surface area contributed by atoms with Crippen LogP contribution in [0.25, 0.3) is 0 Å². The van der Waals surface area contributed by atoms with Gasteiger partial charge in [-0.2, -0.15) is 0 Å². The molecule has 27 heavy (non-hydrogen) atoms. The Morgan fingerprint density at radius 3 is 2.48 bits per heavy atom. The zero-order valence-corrected chi connectivity index (χ0v) is 16.0. The van der Waals surface area contributed by atoms with Gasteiger partial charge >= 0.3 is 5.91 Å². The van der Waals surface area contributed by atoms with Gasteiger partial charge in [-0.25, -0.2) is 4.39 Å². The molecule has 0 spiro atoms. The molecular weight excluding hydrogens is 466 g/mol. The van der Waals surface area contributed by atoms with Crippen molar-refractivity contribution < 1.29 is 23.1 Å². The van der Waals surface area contributed by atoms with Gasteiger partial charge < -0.3 is 9.15 Å². The number of nitrogens with one attached hydrogen (secondary N) is 2. The van der Waals surface area contributed by atoms with Crippen molar-refractivity contribution in [1.82, 2.24) is 10.9 Å². The second-order valence-corrected chi connectivity index (χ2v) is 6.56. The van der Waals surface area contributed by atoms with Crippen molar-refractivity contribution in [3.05, 3.63) is 87.1 Å². The number of carbonyl (C=O) groups is 2. The van der Waals surface area contributed by atoms with Gasteiger partial charge in [-0.15, -0.1) is 0 Å². The summed E-state index contributed by atoms with van der Waals surface area (Å²) in [5.41, 5.74) is 4.77. The van der Waals surface area contributed by atoms with Crippen LogP contribution in [-0.2, 0) is 6.61 Å². The van der Waals surface area contributed by atoms with E-state index in [-0.39, 0.29) is 17.9 Å². The topological polar surface area (TPSA) is 80.6 Å². The Morgan fingerprint density at radius 1 is 1.00 bits per heavy atom. The van der Waals surface area contributed by atoms with Crippen LogP contribution in [0.5, 0.6) is 5.75 Å². The highest BCUT2D eigenvalue weighted by atomic mass is 127. The molecule has 8 heteroatoms. The predicted molar refractivity (Wildman–Crippen MR) is 104 cm³/mol. The molecule has 6 nitrogen and oxygen atoms in total. The molecule has 0 atom stereocenters. The first kappa shape index (κ1) is 18.9. The third kappa shape index (κ3) is 5.07. The maximum atomic E-state index is 13.1. The smallest absolute Gasteiger partial charge is 0.305 e. The van der Waals surface area contributed by atoms with Crippen LogP contribution in [0.3, 0.4) is 0 Å². The second kappa shape index (κ2) is 8.67. The molecule has 2 N–H and O–H groups in total. The van der Waals surface area contributed by atoms with Gasteiger partial charge in [0, 0.05) is 3.57 Å². The molecule has 1 heterocycles. The third-order valence-corrected chi connectivity index (χ3v) is 4.37.